The predicted molar refractivity (Wildman–Crippen MR) is 260 cm³/mol. The van der Waals surface area contributed by atoms with Gasteiger partial charge in [-0.1, -0.05) is 109 Å². The molecule has 4 atom stereocenters. The number of carbonyl (C=O) groups excluding carboxylic acids is 6. The molecule has 0 aliphatic heterocycles. The number of nitrogens with two attached hydrogens (primary N) is 3. The summed E-state index contributed by atoms with van der Waals surface area (Å²) in [5.74, 6) is -2.18. The van der Waals surface area contributed by atoms with Crippen LogP contribution in [0.1, 0.15) is 86.1 Å². The number of benzene rings is 4. The van der Waals surface area contributed by atoms with Crippen LogP contribution in [-0.2, 0) is 41.7 Å². The highest BCUT2D eigenvalue weighted by atomic mass is 16.6. The van der Waals surface area contributed by atoms with Crippen molar-refractivity contribution in [3.63, 3.8) is 0 Å². The Kier molecular flexibility index (Phi) is 16.5. The zero-order valence-electron chi connectivity index (χ0n) is 38.9. The molecule has 10 N–H and O–H groups in total. The molecule has 3 fully saturated rings. The Bertz CT molecular complexity index is 2420. The SMILES string of the molecule is CN(C(=O)OC1c2ccccc2-c2ccccc21)[C@@H](CC12CC(C1)C2)C(=O)N[C@@H](CCCN=C(N)N)C(=O)N[C@@H](Cc1ccccc1)C(=O)N[C@@H](CCCCNC(=O)OCc1ccccc1)C(N)=O. The van der Waals surface area contributed by atoms with Crippen molar-refractivity contribution in [1.29, 1.82) is 0 Å². The Balaban J connectivity index is 1.03. The molecule has 17 nitrogen and oxygen atoms in total. The first-order chi connectivity index (χ1) is 33.3. The van der Waals surface area contributed by atoms with Crippen molar-refractivity contribution in [3.05, 3.63) is 131 Å². The topological polar surface area (TPSA) is 263 Å². The monoisotopic (exact) mass is 941 g/mol. The standard InChI is InChI=1S/C52H63N9O8/c1-61(51(67)69-44-38-21-10-8-19-36(38)37-20-9-11-22-39(37)44)43(31-52-28-35(29-52)30-52)48(65)59-41(24-14-26-56-49(54)55)46(63)60-42(27-33-15-4-2-5-16-33)47(64)58-40(45(53)62)23-12-13-25-57-50(66)68-32-34-17-6-3-7-18-34/h2-11,15-22,35,40-44H,12-14,23-32H2,1H3,(H2,53,62)(H,57,66)(H,58,64)(H,59,65)(H,60,63)(H4,54,55,56)/t35?,40-,41-,42-,43-,52?/m0/s1. The zero-order chi connectivity index (χ0) is 48.9. The van der Waals surface area contributed by atoms with Crippen LogP contribution >= 0.6 is 0 Å². The minimum Gasteiger partial charge on any atom is -0.445 e. The van der Waals surface area contributed by atoms with Gasteiger partial charge in [0, 0.05) is 37.7 Å². The Morgan fingerprint density at radius 1 is 0.681 bits per heavy atom. The second-order valence-corrected chi connectivity index (χ2v) is 18.5. The number of nitrogens with one attached hydrogen (secondary N) is 4. The molecule has 17 heteroatoms. The number of likely N-dealkylation sites (N-methyl/N-ethyl adjacent to an activating group) is 1. The molecule has 4 aliphatic carbocycles. The third-order valence-corrected chi connectivity index (χ3v) is 13.4. The summed E-state index contributed by atoms with van der Waals surface area (Å²) < 4.78 is 11.5. The molecule has 3 saturated carbocycles. The molecule has 8 rings (SSSR count). The van der Waals surface area contributed by atoms with Crippen LogP contribution in [0.2, 0.25) is 0 Å². The minimum atomic E-state index is -1.20. The van der Waals surface area contributed by atoms with E-state index < -0.39 is 66.1 Å². The van der Waals surface area contributed by atoms with Crippen molar-refractivity contribution in [2.75, 3.05) is 20.1 Å². The van der Waals surface area contributed by atoms with Crippen molar-refractivity contribution < 1.29 is 38.2 Å². The molecular formula is C52H63N9O8. The second kappa shape index (κ2) is 23.0. The minimum absolute atomic E-state index is 0.0435. The number of aliphatic imine (C=N–C) groups is 1. The van der Waals surface area contributed by atoms with Crippen LogP contribution < -0.4 is 38.5 Å². The smallest absolute Gasteiger partial charge is 0.411 e. The molecule has 0 radical (unpaired) electrons. The van der Waals surface area contributed by atoms with Gasteiger partial charge in [0.2, 0.25) is 23.6 Å². The van der Waals surface area contributed by atoms with Gasteiger partial charge in [-0.15, -0.1) is 0 Å². The van der Waals surface area contributed by atoms with E-state index >= 15 is 0 Å². The molecule has 0 aromatic heterocycles. The summed E-state index contributed by atoms with van der Waals surface area (Å²) in [7, 11) is 1.55. The van der Waals surface area contributed by atoms with Crippen LogP contribution in [0, 0.1) is 11.3 Å². The number of nitrogens with zero attached hydrogens (tertiary/aromatic N) is 2. The molecule has 0 unspecified atom stereocenters. The lowest BCUT2D eigenvalue weighted by Crippen LogP contribution is -2.61. The van der Waals surface area contributed by atoms with Crippen LogP contribution in [0.5, 0.6) is 0 Å². The number of alkyl carbamates (subject to hydrolysis) is 1. The molecule has 364 valence electrons. The van der Waals surface area contributed by atoms with Gasteiger partial charge < -0.3 is 47.9 Å². The Morgan fingerprint density at radius 2 is 1.23 bits per heavy atom. The number of hydrogen-bond acceptors (Lipinski definition) is 9. The number of amides is 6. The average molecular weight is 942 g/mol. The van der Waals surface area contributed by atoms with E-state index in [4.69, 9.17) is 26.7 Å². The molecule has 0 spiro atoms. The van der Waals surface area contributed by atoms with E-state index in [1.54, 1.807) is 31.3 Å². The van der Waals surface area contributed by atoms with Gasteiger partial charge in [-0.25, -0.2) is 9.59 Å². The van der Waals surface area contributed by atoms with E-state index in [2.05, 4.69) is 26.3 Å². The van der Waals surface area contributed by atoms with Crippen molar-refractivity contribution in [3.8, 4) is 11.1 Å². The summed E-state index contributed by atoms with van der Waals surface area (Å²) >= 11 is 0. The maximum atomic E-state index is 14.7. The number of primary amides is 1. The Labute approximate surface area is 402 Å². The van der Waals surface area contributed by atoms with E-state index in [0.717, 1.165) is 52.6 Å². The summed E-state index contributed by atoms with van der Waals surface area (Å²) in [6, 6.07) is 29.3. The van der Waals surface area contributed by atoms with E-state index in [0.29, 0.717) is 25.2 Å². The van der Waals surface area contributed by atoms with Gasteiger partial charge in [0.05, 0.1) is 0 Å². The third kappa shape index (κ3) is 13.0. The molecule has 4 aromatic rings. The highest BCUT2D eigenvalue weighted by molar-refractivity contribution is 5.95. The molecule has 4 aliphatic rings. The van der Waals surface area contributed by atoms with Crippen molar-refractivity contribution in [1.82, 2.24) is 26.2 Å². The normalized spacial score (nSPS) is 17.9. The summed E-state index contributed by atoms with van der Waals surface area (Å²) in [6.45, 7) is 0.542. The molecule has 2 bridgehead atoms. The van der Waals surface area contributed by atoms with Gasteiger partial charge in [-0.2, -0.15) is 0 Å². The number of guanidine groups is 1. The average Bonchev–Trinajstić information content (AvgIpc) is 3.63. The molecule has 6 amide bonds. The molecule has 69 heavy (non-hydrogen) atoms. The van der Waals surface area contributed by atoms with E-state index in [9.17, 15) is 28.8 Å². The van der Waals surface area contributed by atoms with Gasteiger partial charge in [0.1, 0.15) is 30.8 Å². The Morgan fingerprint density at radius 3 is 1.83 bits per heavy atom. The van der Waals surface area contributed by atoms with Crippen LogP contribution in [0.3, 0.4) is 0 Å². The van der Waals surface area contributed by atoms with Crippen LogP contribution in [0.4, 0.5) is 9.59 Å². The number of unbranched alkanes of at least 4 members (excludes halogenated alkanes) is 1. The number of hydrogen-bond donors (Lipinski definition) is 7. The lowest BCUT2D eigenvalue weighted by Gasteiger charge is -2.63. The van der Waals surface area contributed by atoms with Crippen LogP contribution in [0.25, 0.3) is 11.1 Å². The fourth-order valence-electron chi connectivity index (χ4n) is 9.64. The van der Waals surface area contributed by atoms with Gasteiger partial charge in [0.15, 0.2) is 12.1 Å². The first-order valence-electron chi connectivity index (χ1n) is 23.6. The number of ether oxygens (including phenoxy) is 2. The first kappa shape index (κ1) is 49.5. The number of rotatable bonds is 24. The first-order valence-corrected chi connectivity index (χ1v) is 23.6. The summed E-state index contributed by atoms with van der Waals surface area (Å²) in [5, 5.41) is 11.2. The fraction of sp³-hybridized carbons (Fsp3) is 0.404. The van der Waals surface area contributed by atoms with Crippen molar-refractivity contribution in [2.45, 2.75) is 101 Å². The van der Waals surface area contributed by atoms with Crippen LogP contribution in [-0.4, -0.2) is 91.0 Å². The summed E-state index contributed by atoms with van der Waals surface area (Å²) in [4.78, 5) is 87.7. The molecule has 0 heterocycles. The summed E-state index contributed by atoms with van der Waals surface area (Å²) in [5.41, 5.74) is 22.1. The lowest BCUT2D eigenvalue weighted by atomic mass is 9.43. The largest absolute Gasteiger partial charge is 0.445 e. The molecule has 4 aromatic carbocycles. The second-order valence-electron chi connectivity index (χ2n) is 18.5. The number of carbonyl (C=O) groups is 6. The quantitative estimate of drug-likeness (QED) is 0.0289. The number of fused-ring (bicyclic) bond motifs is 3. The molecule has 0 saturated heterocycles. The third-order valence-electron chi connectivity index (χ3n) is 13.4. The maximum absolute atomic E-state index is 14.7. The van der Waals surface area contributed by atoms with Crippen molar-refractivity contribution >= 4 is 41.8 Å². The van der Waals surface area contributed by atoms with Gasteiger partial charge in [0.25, 0.3) is 0 Å². The van der Waals surface area contributed by atoms with E-state index in [1.807, 2.05) is 84.9 Å². The van der Waals surface area contributed by atoms with E-state index in [1.165, 1.54) is 4.90 Å². The highest BCUT2D eigenvalue weighted by Gasteiger charge is 2.58. The highest BCUT2D eigenvalue weighted by Crippen LogP contribution is 2.66. The Hall–Kier alpha value is -7.43. The van der Waals surface area contributed by atoms with E-state index in [-0.39, 0.29) is 56.8 Å². The fourth-order valence-corrected chi connectivity index (χ4v) is 9.64. The summed E-state index contributed by atoms with van der Waals surface area (Å²) in [6.07, 6.45) is 2.73. The van der Waals surface area contributed by atoms with Gasteiger partial charge in [-0.05, 0) is 91.4 Å². The van der Waals surface area contributed by atoms with Crippen LogP contribution in [0.15, 0.2) is 114 Å². The molecular weight excluding hydrogens is 879 g/mol. The van der Waals surface area contributed by atoms with Gasteiger partial charge >= 0.3 is 12.2 Å². The maximum Gasteiger partial charge on any atom is 0.411 e. The van der Waals surface area contributed by atoms with Crippen molar-refractivity contribution in [2.24, 2.45) is 33.5 Å². The zero-order valence-corrected chi connectivity index (χ0v) is 38.9. The van der Waals surface area contributed by atoms with Gasteiger partial charge in [-0.3, -0.25) is 29.1 Å². The predicted octanol–water partition coefficient (Wildman–Crippen LogP) is 4.72. The lowest BCUT2D eigenvalue weighted by molar-refractivity contribution is -0.144.